The Bertz CT molecular complexity index is 910. The Kier molecular flexibility index (Phi) is 6.70. The maximum Gasteiger partial charge on any atom is 0.303 e. The van der Waals surface area contributed by atoms with Crippen LogP contribution in [0.4, 0.5) is 5.69 Å². The molecule has 0 unspecified atom stereocenters. The van der Waals surface area contributed by atoms with Crippen LogP contribution >= 0.6 is 11.8 Å². The van der Waals surface area contributed by atoms with E-state index < -0.39 is 22.0 Å². The van der Waals surface area contributed by atoms with Gasteiger partial charge in [-0.05, 0) is 29.8 Å². The molecule has 8 heteroatoms. The number of amides is 1. The van der Waals surface area contributed by atoms with Gasteiger partial charge in [0.1, 0.15) is 5.75 Å². The normalized spacial score (nSPS) is 19.1. The van der Waals surface area contributed by atoms with Crippen LogP contribution in [-0.2, 0) is 14.3 Å². The highest BCUT2D eigenvalue weighted by Gasteiger charge is 2.41. The third-order valence-corrected chi connectivity index (χ3v) is 6.17. The summed E-state index contributed by atoms with van der Waals surface area (Å²) in [5.41, 5.74) is 1.56. The smallest absolute Gasteiger partial charge is 0.303 e. The maximum absolute atomic E-state index is 13.6. The summed E-state index contributed by atoms with van der Waals surface area (Å²) in [6.45, 7) is 1.73. The molecule has 2 aromatic carbocycles. The van der Waals surface area contributed by atoms with Crippen LogP contribution in [0.5, 0.6) is 5.75 Å². The molecule has 0 fully saturated rings. The minimum Gasteiger partial charge on any atom is -0.633 e. The van der Waals surface area contributed by atoms with Gasteiger partial charge >= 0.3 is 5.97 Å². The zero-order valence-corrected chi connectivity index (χ0v) is 18.3. The number of rotatable bonds is 6. The van der Waals surface area contributed by atoms with Gasteiger partial charge in [-0.3, -0.25) is 9.59 Å². The number of para-hydroxylation sites is 1. The molecular formula is C22H26N2O5S. The second-order valence-corrected chi connectivity index (χ2v) is 8.78. The lowest BCUT2D eigenvalue weighted by atomic mass is 10.1. The zero-order valence-electron chi connectivity index (χ0n) is 17.5. The molecule has 0 spiro atoms. The van der Waals surface area contributed by atoms with Crippen LogP contribution in [-0.4, -0.2) is 56.9 Å². The molecular weight excluding hydrogens is 404 g/mol. The molecule has 160 valence electrons. The molecule has 1 aliphatic heterocycles. The molecule has 0 N–H and O–H groups in total. The summed E-state index contributed by atoms with van der Waals surface area (Å²) >= 11 is 1.47. The molecule has 0 saturated heterocycles. The highest BCUT2D eigenvalue weighted by molar-refractivity contribution is 7.99. The first-order valence-electron chi connectivity index (χ1n) is 9.62. The van der Waals surface area contributed by atoms with Gasteiger partial charge in [-0.25, -0.2) is 0 Å². The number of carbonyl (C=O) groups excluding carboxylic acids is 2. The van der Waals surface area contributed by atoms with Crippen molar-refractivity contribution in [2.24, 2.45) is 0 Å². The van der Waals surface area contributed by atoms with Crippen LogP contribution in [0.2, 0.25) is 0 Å². The Hall–Kier alpha value is -2.55. The van der Waals surface area contributed by atoms with Gasteiger partial charge in [0.2, 0.25) is 0 Å². The van der Waals surface area contributed by atoms with Crippen molar-refractivity contribution < 1.29 is 23.7 Å². The maximum atomic E-state index is 13.6. The van der Waals surface area contributed by atoms with Crippen LogP contribution in [0.3, 0.4) is 0 Å². The van der Waals surface area contributed by atoms with E-state index in [0.717, 1.165) is 10.5 Å². The first-order valence-corrected chi connectivity index (χ1v) is 10.5. The van der Waals surface area contributed by atoms with Crippen molar-refractivity contribution in [1.82, 2.24) is 0 Å². The standard InChI is InChI=1S/C22H26N2O5S/c1-15(25)29-20-21(16-9-11-17(28-4)12-10-16)30-19-8-6-5-7-18(19)23(22(20)26)13-14-24(2,3)27/h5-12,20-21H,13-14H2,1-4H3/t20-,21+/m1/s1. The second-order valence-electron chi connectivity index (χ2n) is 7.60. The molecule has 0 bridgehead atoms. The summed E-state index contributed by atoms with van der Waals surface area (Å²) in [6.07, 6.45) is -1.02. The first kappa shape index (κ1) is 22.1. The number of esters is 1. The lowest BCUT2D eigenvalue weighted by Gasteiger charge is -2.36. The van der Waals surface area contributed by atoms with Crippen molar-refractivity contribution in [1.29, 1.82) is 0 Å². The molecule has 1 amide bonds. The number of thioether (sulfide) groups is 1. The van der Waals surface area contributed by atoms with Gasteiger partial charge in [0.25, 0.3) is 5.91 Å². The SMILES string of the molecule is COc1ccc([C@@H]2Sc3ccccc3N(CC[N+](C)(C)[O-])C(=O)[C@@H]2OC(C)=O)cc1. The molecule has 0 saturated carbocycles. The largest absolute Gasteiger partial charge is 0.633 e. The zero-order chi connectivity index (χ0) is 21.9. The van der Waals surface area contributed by atoms with E-state index in [4.69, 9.17) is 9.47 Å². The molecule has 0 aromatic heterocycles. The number of quaternary nitrogens is 1. The van der Waals surface area contributed by atoms with E-state index in [1.54, 1.807) is 12.0 Å². The number of ether oxygens (including phenoxy) is 2. The average Bonchev–Trinajstić information content (AvgIpc) is 2.81. The number of hydrogen-bond acceptors (Lipinski definition) is 6. The molecule has 0 radical (unpaired) electrons. The van der Waals surface area contributed by atoms with E-state index in [9.17, 15) is 14.8 Å². The van der Waals surface area contributed by atoms with Gasteiger partial charge < -0.3 is 24.2 Å². The highest BCUT2D eigenvalue weighted by Crippen LogP contribution is 2.46. The number of hydroxylamine groups is 3. The van der Waals surface area contributed by atoms with E-state index in [0.29, 0.717) is 11.4 Å². The monoisotopic (exact) mass is 430 g/mol. The fraction of sp³-hybridized carbons (Fsp3) is 0.364. The van der Waals surface area contributed by atoms with Gasteiger partial charge in [0.05, 0.1) is 45.2 Å². The quantitative estimate of drug-likeness (QED) is 0.397. The predicted octanol–water partition coefficient (Wildman–Crippen LogP) is 3.38. The van der Waals surface area contributed by atoms with E-state index in [1.165, 1.54) is 32.8 Å². The van der Waals surface area contributed by atoms with Crippen molar-refractivity contribution in [3.8, 4) is 5.75 Å². The molecule has 2 atom stereocenters. The number of methoxy groups -OCH3 is 1. The first-order chi connectivity index (χ1) is 14.2. The molecule has 30 heavy (non-hydrogen) atoms. The predicted molar refractivity (Wildman–Crippen MR) is 116 cm³/mol. The van der Waals surface area contributed by atoms with Crippen molar-refractivity contribution in [3.63, 3.8) is 0 Å². The van der Waals surface area contributed by atoms with E-state index in [2.05, 4.69) is 0 Å². The molecule has 1 aliphatic rings. The van der Waals surface area contributed by atoms with Crippen molar-refractivity contribution >= 4 is 29.3 Å². The van der Waals surface area contributed by atoms with Crippen LogP contribution in [0.25, 0.3) is 0 Å². The minimum absolute atomic E-state index is 0.213. The molecule has 7 nitrogen and oxygen atoms in total. The van der Waals surface area contributed by atoms with Gasteiger partial charge in [-0.1, -0.05) is 24.3 Å². The second kappa shape index (κ2) is 9.07. The third-order valence-electron chi connectivity index (χ3n) is 4.79. The van der Waals surface area contributed by atoms with Crippen LogP contribution in [0, 0.1) is 5.21 Å². The topological polar surface area (TPSA) is 78.9 Å². The number of likely N-dealkylation sites (N-methyl/N-ethyl adjacent to an activating group) is 1. The summed E-state index contributed by atoms with van der Waals surface area (Å²) in [4.78, 5) is 27.9. The fourth-order valence-corrected chi connectivity index (χ4v) is 4.60. The van der Waals surface area contributed by atoms with E-state index in [-0.39, 0.29) is 19.0 Å². The Morgan fingerprint density at radius 3 is 2.43 bits per heavy atom. The summed E-state index contributed by atoms with van der Waals surface area (Å²) < 4.78 is 10.2. The summed E-state index contributed by atoms with van der Waals surface area (Å²) in [5.74, 6) is -0.166. The number of benzene rings is 2. The summed E-state index contributed by atoms with van der Waals surface area (Å²) in [5, 5.41) is 11.7. The number of nitrogens with zero attached hydrogens (tertiary/aromatic N) is 2. The lowest BCUT2D eigenvalue weighted by Crippen LogP contribution is -2.47. The Balaban J connectivity index is 2.06. The molecule has 1 heterocycles. The van der Waals surface area contributed by atoms with Crippen LogP contribution in [0.1, 0.15) is 17.7 Å². The van der Waals surface area contributed by atoms with Crippen molar-refractivity contribution in [2.45, 2.75) is 23.2 Å². The van der Waals surface area contributed by atoms with Crippen LogP contribution < -0.4 is 9.64 Å². The summed E-state index contributed by atoms with van der Waals surface area (Å²) in [6, 6.07) is 14.9. The third kappa shape index (κ3) is 5.13. The minimum atomic E-state index is -1.02. The highest BCUT2D eigenvalue weighted by atomic mass is 32.2. The molecule has 0 aliphatic carbocycles. The summed E-state index contributed by atoms with van der Waals surface area (Å²) in [7, 11) is 4.66. The van der Waals surface area contributed by atoms with Gasteiger partial charge in [0.15, 0.2) is 6.10 Å². The lowest BCUT2D eigenvalue weighted by molar-refractivity contribution is -0.838. The molecule has 3 rings (SSSR count). The Morgan fingerprint density at radius 1 is 1.17 bits per heavy atom. The fourth-order valence-electron chi connectivity index (χ4n) is 3.28. The van der Waals surface area contributed by atoms with Gasteiger partial charge in [-0.2, -0.15) is 0 Å². The number of carbonyl (C=O) groups is 2. The van der Waals surface area contributed by atoms with Gasteiger partial charge in [0, 0.05) is 11.8 Å². The Morgan fingerprint density at radius 2 is 1.83 bits per heavy atom. The van der Waals surface area contributed by atoms with E-state index in [1.807, 2.05) is 48.5 Å². The Labute approximate surface area is 180 Å². The average molecular weight is 431 g/mol. The molecule has 2 aromatic rings. The van der Waals surface area contributed by atoms with E-state index >= 15 is 0 Å². The van der Waals surface area contributed by atoms with Crippen LogP contribution in [0.15, 0.2) is 53.4 Å². The van der Waals surface area contributed by atoms with Crippen molar-refractivity contribution in [3.05, 3.63) is 59.3 Å². The number of anilines is 1. The number of fused-ring (bicyclic) bond motifs is 1. The van der Waals surface area contributed by atoms with Crippen molar-refractivity contribution in [2.75, 3.05) is 39.2 Å². The number of hydrogen-bond donors (Lipinski definition) is 0. The van der Waals surface area contributed by atoms with Gasteiger partial charge in [-0.15, -0.1) is 11.8 Å².